The molecule has 0 bridgehead atoms. The Balaban J connectivity index is 0.00000169. The SMILES string of the molecule is Cl.NCCC[C@H](N)c1ccccc1F. The summed E-state index contributed by atoms with van der Waals surface area (Å²) in [5.74, 6) is -0.230. The van der Waals surface area contributed by atoms with Crippen molar-refractivity contribution in [3.8, 4) is 0 Å². The number of hydrogen-bond donors (Lipinski definition) is 2. The maximum Gasteiger partial charge on any atom is 0.127 e. The van der Waals surface area contributed by atoms with E-state index in [-0.39, 0.29) is 24.3 Å². The molecule has 0 saturated carbocycles. The van der Waals surface area contributed by atoms with E-state index in [1.54, 1.807) is 18.2 Å². The van der Waals surface area contributed by atoms with E-state index in [1.807, 2.05) is 0 Å². The number of benzene rings is 1. The molecule has 14 heavy (non-hydrogen) atoms. The van der Waals surface area contributed by atoms with Gasteiger partial charge >= 0.3 is 0 Å². The zero-order valence-corrected chi connectivity index (χ0v) is 8.77. The van der Waals surface area contributed by atoms with Crippen LogP contribution in [0, 0.1) is 5.82 Å². The highest BCUT2D eigenvalue weighted by atomic mass is 35.5. The molecule has 80 valence electrons. The van der Waals surface area contributed by atoms with E-state index >= 15 is 0 Å². The number of nitrogens with two attached hydrogens (primary N) is 2. The Morgan fingerprint density at radius 3 is 2.50 bits per heavy atom. The molecule has 0 spiro atoms. The normalized spacial score (nSPS) is 11.9. The lowest BCUT2D eigenvalue weighted by atomic mass is 10.0. The van der Waals surface area contributed by atoms with Crippen molar-refractivity contribution in [1.29, 1.82) is 0 Å². The fourth-order valence-corrected chi connectivity index (χ4v) is 1.27. The molecule has 0 radical (unpaired) electrons. The highest BCUT2D eigenvalue weighted by Gasteiger charge is 2.09. The lowest BCUT2D eigenvalue weighted by Gasteiger charge is -2.11. The van der Waals surface area contributed by atoms with Crippen LogP contribution in [0.15, 0.2) is 24.3 Å². The lowest BCUT2D eigenvalue weighted by Crippen LogP contribution is -2.13. The summed E-state index contributed by atoms with van der Waals surface area (Å²) in [7, 11) is 0. The highest BCUT2D eigenvalue weighted by Crippen LogP contribution is 2.18. The molecule has 0 unspecified atom stereocenters. The van der Waals surface area contributed by atoms with Crippen LogP contribution in [0.25, 0.3) is 0 Å². The molecule has 0 aliphatic heterocycles. The summed E-state index contributed by atoms with van der Waals surface area (Å²) in [6, 6.07) is 6.37. The fraction of sp³-hybridized carbons (Fsp3) is 0.400. The van der Waals surface area contributed by atoms with Crippen molar-refractivity contribution >= 4 is 12.4 Å². The van der Waals surface area contributed by atoms with Gasteiger partial charge in [0.2, 0.25) is 0 Å². The van der Waals surface area contributed by atoms with Crippen molar-refractivity contribution in [2.45, 2.75) is 18.9 Å². The zero-order chi connectivity index (χ0) is 9.68. The van der Waals surface area contributed by atoms with Gasteiger partial charge in [0.05, 0.1) is 0 Å². The van der Waals surface area contributed by atoms with E-state index in [0.29, 0.717) is 12.1 Å². The van der Waals surface area contributed by atoms with Crippen LogP contribution in [0.2, 0.25) is 0 Å². The third-order valence-corrected chi connectivity index (χ3v) is 2.02. The molecule has 0 amide bonds. The second-order valence-electron chi connectivity index (χ2n) is 3.06. The Morgan fingerprint density at radius 2 is 1.93 bits per heavy atom. The summed E-state index contributed by atoms with van der Waals surface area (Å²) < 4.78 is 13.2. The van der Waals surface area contributed by atoms with Gasteiger partial charge in [0.25, 0.3) is 0 Å². The first-order chi connectivity index (χ1) is 6.25. The second-order valence-corrected chi connectivity index (χ2v) is 3.06. The molecule has 1 atom stereocenters. The predicted molar refractivity (Wildman–Crippen MR) is 58.9 cm³/mol. The van der Waals surface area contributed by atoms with Crippen LogP contribution in [0.1, 0.15) is 24.4 Å². The monoisotopic (exact) mass is 218 g/mol. The maximum atomic E-state index is 13.2. The van der Waals surface area contributed by atoms with E-state index in [1.165, 1.54) is 6.07 Å². The standard InChI is InChI=1S/C10H15FN2.ClH/c11-9-5-2-1-4-8(9)10(13)6-3-7-12;/h1-2,4-5,10H,3,6-7,12-13H2;1H/t10-;/m0./s1. The fourth-order valence-electron chi connectivity index (χ4n) is 1.27. The van der Waals surface area contributed by atoms with Gasteiger partial charge in [-0.05, 0) is 25.5 Å². The molecule has 0 aliphatic carbocycles. The van der Waals surface area contributed by atoms with E-state index in [0.717, 1.165) is 12.8 Å². The van der Waals surface area contributed by atoms with Crippen LogP contribution in [0.4, 0.5) is 4.39 Å². The first kappa shape index (κ1) is 13.4. The molecule has 0 heterocycles. The first-order valence-electron chi connectivity index (χ1n) is 4.45. The van der Waals surface area contributed by atoms with Gasteiger partial charge in [-0.3, -0.25) is 0 Å². The van der Waals surface area contributed by atoms with Crippen LogP contribution in [0.3, 0.4) is 0 Å². The molecule has 1 aromatic carbocycles. The molecule has 4 N–H and O–H groups in total. The first-order valence-corrected chi connectivity index (χ1v) is 4.45. The average molecular weight is 219 g/mol. The number of hydrogen-bond acceptors (Lipinski definition) is 2. The van der Waals surface area contributed by atoms with E-state index in [4.69, 9.17) is 11.5 Å². The maximum absolute atomic E-state index is 13.2. The molecule has 1 rings (SSSR count). The number of rotatable bonds is 4. The van der Waals surface area contributed by atoms with Crippen molar-refractivity contribution in [2.75, 3.05) is 6.54 Å². The Morgan fingerprint density at radius 1 is 1.29 bits per heavy atom. The van der Waals surface area contributed by atoms with Crippen molar-refractivity contribution in [3.05, 3.63) is 35.6 Å². The third kappa shape index (κ3) is 3.62. The number of halogens is 2. The minimum absolute atomic E-state index is 0. The summed E-state index contributed by atoms with van der Waals surface area (Å²) >= 11 is 0. The van der Waals surface area contributed by atoms with Gasteiger partial charge in [0, 0.05) is 11.6 Å². The van der Waals surface area contributed by atoms with Crippen molar-refractivity contribution < 1.29 is 4.39 Å². The predicted octanol–water partition coefficient (Wildman–Crippen LogP) is 1.99. The molecule has 0 aliphatic rings. The molecular weight excluding hydrogens is 203 g/mol. The van der Waals surface area contributed by atoms with Crippen LogP contribution < -0.4 is 11.5 Å². The van der Waals surface area contributed by atoms with Crippen LogP contribution in [-0.2, 0) is 0 Å². The van der Waals surface area contributed by atoms with E-state index in [2.05, 4.69) is 0 Å². The summed E-state index contributed by atoms with van der Waals surface area (Å²) in [6.45, 7) is 0.599. The Kier molecular flexibility index (Phi) is 6.45. The van der Waals surface area contributed by atoms with Gasteiger partial charge in [0.1, 0.15) is 5.82 Å². The molecular formula is C10H16ClFN2. The lowest BCUT2D eigenvalue weighted by molar-refractivity contribution is 0.553. The third-order valence-electron chi connectivity index (χ3n) is 2.02. The van der Waals surface area contributed by atoms with Gasteiger partial charge < -0.3 is 11.5 Å². The summed E-state index contributed by atoms with van der Waals surface area (Å²) in [6.07, 6.45) is 1.56. The van der Waals surface area contributed by atoms with Gasteiger partial charge in [-0.25, -0.2) is 4.39 Å². The summed E-state index contributed by atoms with van der Waals surface area (Å²) in [5.41, 5.74) is 11.7. The van der Waals surface area contributed by atoms with Gasteiger partial charge in [-0.15, -0.1) is 12.4 Å². The Hall–Kier alpha value is -0.640. The summed E-state index contributed by atoms with van der Waals surface area (Å²) in [4.78, 5) is 0. The largest absolute Gasteiger partial charge is 0.330 e. The molecule has 2 nitrogen and oxygen atoms in total. The van der Waals surface area contributed by atoms with Gasteiger partial charge in [-0.2, -0.15) is 0 Å². The molecule has 0 saturated heterocycles. The minimum atomic E-state index is -0.232. The zero-order valence-electron chi connectivity index (χ0n) is 7.95. The average Bonchev–Trinajstić information content (AvgIpc) is 2.15. The minimum Gasteiger partial charge on any atom is -0.330 e. The topological polar surface area (TPSA) is 52.0 Å². The Bertz CT molecular complexity index is 268. The van der Waals surface area contributed by atoms with E-state index in [9.17, 15) is 4.39 Å². The molecule has 0 fully saturated rings. The van der Waals surface area contributed by atoms with E-state index < -0.39 is 0 Å². The molecule has 4 heteroatoms. The molecule has 0 aromatic heterocycles. The van der Waals surface area contributed by atoms with Crippen LogP contribution in [0.5, 0.6) is 0 Å². The van der Waals surface area contributed by atoms with Crippen molar-refractivity contribution in [3.63, 3.8) is 0 Å². The quantitative estimate of drug-likeness (QED) is 0.812. The van der Waals surface area contributed by atoms with Gasteiger partial charge in [-0.1, -0.05) is 18.2 Å². The van der Waals surface area contributed by atoms with Gasteiger partial charge in [0.15, 0.2) is 0 Å². The van der Waals surface area contributed by atoms with Crippen LogP contribution in [-0.4, -0.2) is 6.54 Å². The van der Waals surface area contributed by atoms with Crippen LogP contribution >= 0.6 is 12.4 Å². The van der Waals surface area contributed by atoms with Crippen molar-refractivity contribution in [1.82, 2.24) is 0 Å². The second kappa shape index (κ2) is 6.76. The molecule has 1 aromatic rings. The smallest absolute Gasteiger partial charge is 0.127 e. The summed E-state index contributed by atoms with van der Waals surface area (Å²) in [5, 5.41) is 0. The Labute approximate surface area is 89.9 Å². The van der Waals surface area contributed by atoms with Crippen molar-refractivity contribution in [2.24, 2.45) is 11.5 Å². The highest BCUT2D eigenvalue weighted by molar-refractivity contribution is 5.85.